The van der Waals surface area contributed by atoms with Crippen LogP contribution in [0.15, 0.2) is 24.4 Å². The Hall–Kier alpha value is -2.85. The Morgan fingerprint density at radius 1 is 1.33 bits per heavy atom. The second kappa shape index (κ2) is 8.23. The summed E-state index contributed by atoms with van der Waals surface area (Å²) in [4.78, 5) is 16.3. The van der Waals surface area contributed by atoms with E-state index in [-0.39, 0.29) is 17.9 Å². The normalized spacial score (nSPS) is 21.7. The first-order valence-electron chi connectivity index (χ1n) is 8.95. The number of nitriles is 1. The minimum atomic E-state index is -0.399. The van der Waals surface area contributed by atoms with Gasteiger partial charge in [0.2, 0.25) is 11.8 Å². The number of fused-ring (bicyclic) bond motifs is 1. The van der Waals surface area contributed by atoms with Crippen molar-refractivity contribution >= 4 is 16.7 Å². The maximum Gasteiger partial charge on any atom is 0.249 e. The number of methoxy groups -OCH3 is 2. The summed E-state index contributed by atoms with van der Waals surface area (Å²) in [5.74, 6) is 1.03. The molecule has 2 aromatic rings. The van der Waals surface area contributed by atoms with E-state index in [1.807, 2.05) is 6.07 Å². The third-order valence-corrected chi connectivity index (χ3v) is 5.05. The highest BCUT2D eigenvalue weighted by molar-refractivity contribution is 5.89. The van der Waals surface area contributed by atoms with Gasteiger partial charge in [0.1, 0.15) is 17.9 Å². The molecule has 1 aromatic carbocycles. The minimum absolute atomic E-state index is 0.0159. The quantitative estimate of drug-likeness (QED) is 0.806. The van der Waals surface area contributed by atoms with E-state index in [9.17, 15) is 10.1 Å². The number of hydrogen-bond donors (Lipinski definition) is 1. The van der Waals surface area contributed by atoms with Gasteiger partial charge < -0.3 is 19.5 Å². The number of aromatic nitrogens is 1. The molecule has 0 bridgehead atoms. The average molecular weight is 369 g/mol. The van der Waals surface area contributed by atoms with E-state index in [1.165, 1.54) is 7.11 Å². The summed E-state index contributed by atoms with van der Waals surface area (Å²) in [5.41, 5.74) is 0.465. The predicted molar refractivity (Wildman–Crippen MR) is 99.6 cm³/mol. The molecule has 7 heteroatoms. The van der Waals surface area contributed by atoms with Gasteiger partial charge in [0, 0.05) is 37.1 Å². The smallest absolute Gasteiger partial charge is 0.249 e. The van der Waals surface area contributed by atoms with Crippen LogP contribution in [0.3, 0.4) is 0 Å². The lowest BCUT2D eigenvalue weighted by Crippen LogP contribution is -2.30. The molecule has 0 aliphatic carbocycles. The van der Waals surface area contributed by atoms with Crippen molar-refractivity contribution in [3.8, 4) is 17.7 Å². The van der Waals surface area contributed by atoms with Crippen molar-refractivity contribution in [1.82, 2.24) is 10.3 Å². The minimum Gasteiger partial charge on any atom is -0.495 e. The molecule has 1 aliphatic heterocycles. The van der Waals surface area contributed by atoms with Crippen molar-refractivity contribution in [2.75, 3.05) is 20.8 Å². The van der Waals surface area contributed by atoms with Crippen molar-refractivity contribution in [1.29, 1.82) is 5.26 Å². The maximum absolute atomic E-state index is 12.0. The van der Waals surface area contributed by atoms with Crippen LogP contribution in [0.5, 0.6) is 11.6 Å². The topological polar surface area (TPSA) is 93.5 Å². The fourth-order valence-electron chi connectivity index (χ4n) is 3.67. The number of nitrogens with zero attached hydrogens (tertiary/aromatic N) is 2. The summed E-state index contributed by atoms with van der Waals surface area (Å²) in [6, 6.07) is 7.50. The lowest BCUT2D eigenvalue weighted by molar-refractivity contribution is -0.128. The van der Waals surface area contributed by atoms with Crippen LogP contribution in [0.25, 0.3) is 10.8 Å². The number of hydrogen-bond acceptors (Lipinski definition) is 6. The molecule has 1 aromatic heterocycles. The van der Waals surface area contributed by atoms with Crippen molar-refractivity contribution in [3.05, 3.63) is 30.0 Å². The molecule has 27 heavy (non-hydrogen) atoms. The number of amides is 1. The molecule has 1 aliphatic rings. The van der Waals surface area contributed by atoms with Gasteiger partial charge in [-0.2, -0.15) is 5.26 Å². The summed E-state index contributed by atoms with van der Waals surface area (Å²) in [5, 5.41) is 13.9. The molecule has 1 saturated heterocycles. The number of carbonyl (C=O) groups excluding carboxylic acids is 1. The summed E-state index contributed by atoms with van der Waals surface area (Å²) in [6.07, 6.45) is 2.76. The van der Waals surface area contributed by atoms with Crippen LogP contribution in [0, 0.1) is 17.2 Å². The van der Waals surface area contributed by atoms with Gasteiger partial charge >= 0.3 is 0 Å². The van der Waals surface area contributed by atoms with E-state index >= 15 is 0 Å². The fourth-order valence-corrected chi connectivity index (χ4v) is 3.67. The lowest BCUT2D eigenvalue weighted by Gasteiger charge is -2.20. The third kappa shape index (κ3) is 3.67. The number of rotatable bonds is 7. The van der Waals surface area contributed by atoms with Gasteiger partial charge in [-0.3, -0.25) is 4.79 Å². The van der Waals surface area contributed by atoms with E-state index < -0.39 is 6.10 Å². The first-order chi connectivity index (χ1) is 13.1. The molecular weight excluding hydrogens is 346 g/mol. The Morgan fingerprint density at radius 2 is 2.15 bits per heavy atom. The Balaban J connectivity index is 1.74. The number of ether oxygens (including phenoxy) is 3. The van der Waals surface area contributed by atoms with Crippen LogP contribution < -0.4 is 14.8 Å². The number of carbonyl (C=O) groups is 1. The molecule has 7 nitrogen and oxygen atoms in total. The van der Waals surface area contributed by atoms with Crippen LogP contribution in [0.4, 0.5) is 0 Å². The van der Waals surface area contributed by atoms with E-state index in [4.69, 9.17) is 14.2 Å². The Kier molecular flexibility index (Phi) is 5.77. The van der Waals surface area contributed by atoms with E-state index in [1.54, 1.807) is 25.4 Å². The fraction of sp³-hybridized carbons (Fsp3) is 0.450. The summed E-state index contributed by atoms with van der Waals surface area (Å²) in [7, 11) is 3.09. The van der Waals surface area contributed by atoms with Crippen molar-refractivity contribution in [2.45, 2.75) is 31.9 Å². The first-order valence-corrected chi connectivity index (χ1v) is 8.95. The van der Waals surface area contributed by atoms with Crippen LogP contribution >= 0.6 is 0 Å². The predicted octanol–water partition coefficient (Wildman–Crippen LogP) is 2.42. The molecule has 142 valence electrons. The Labute approximate surface area is 158 Å². The molecular formula is C20H23N3O4. The van der Waals surface area contributed by atoms with Crippen LogP contribution in [0.1, 0.15) is 25.3 Å². The van der Waals surface area contributed by atoms with Crippen molar-refractivity contribution < 1.29 is 19.0 Å². The number of benzene rings is 1. The summed E-state index contributed by atoms with van der Waals surface area (Å²) < 4.78 is 16.5. The monoisotopic (exact) mass is 369 g/mol. The van der Waals surface area contributed by atoms with Gasteiger partial charge in [-0.15, -0.1) is 0 Å². The van der Waals surface area contributed by atoms with E-state index in [0.717, 1.165) is 17.2 Å². The molecule has 3 atom stereocenters. The molecule has 1 fully saturated rings. The van der Waals surface area contributed by atoms with Gasteiger partial charge in [-0.05, 0) is 30.0 Å². The summed E-state index contributed by atoms with van der Waals surface area (Å²) in [6.45, 7) is 2.46. The molecule has 2 heterocycles. The van der Waals surface area contributed by atoms with Crippen molar-refractivity contribution in [3.63, 3.8) is 0 Å². The van der Waals surface area contributed by atoms with Gasteiger partial charge in [0.05, 0.1) is 19.3 Å². The second-order valence-corrected chi connectivity index (χ2v) is 6.48. The highest BCUT2D eigenvalue weighted by atomic mass is 16.5. The van der Waals surface area contributed by atoms with E-state index in [0.29, 0.717) is 30.2 Å². The van der Waals surface area contributed by atoms with Gasteiger partial charge in [-0.1, -0.05) is 6.92 Å². The SMILES string of the molecule is CC[C@H]1[C@@H](CCOc2nccc3cc(C#N)c(OC)cc23)NC(=O)[C@@H]1OC. The van der Waals surface area contributed by atoms with Gasteiger partial charge in [0.15, 0.2) is 0 Å². The average Bonchev–Trinajstić information content (AvgIpc) is 3.01. The van der Waals surface area contributed by atoms with Crippen LogP contribution in [-0.4, -0.2) is 43.9 Å². The molecule has 0 radical (unpaired) electrons. The third-order valence-electron chi connectivity index (χ3n) is 5.05. The van der Waals surface area contributed by atoms with Crippen LogP contribution in [-0.2, 0) is 9.53 Å². The van der Waals surface area contributed by atoms with Crippen molar-refractivity contribution in [2.24, 2.45) is 5.92 Å². The molecule has 1 amide bonds. The highest BCUT2D eigenvalue weighted by Crippen LogP contribution is 2.31. The molecule has 3 rings (SSSR count). The number of pyridine rings is 1. The standard InChI is InChI=1S/C20H23N3O4/c1-4-14-16(23-19(24)18(14)26-3)6-8-27-20-15-10-17(25-2)13(11-21)9-12(15)5-7-22-20/h5,7,9-10,14,16,18H,4,6,8H2,1-3H3,(H,23,24)/t14-,16+,18+/m0/s1. The summed E-state index contributed by atoms with van der Waals surface area (Å²) >= 11 is 0. The Morgan fingerprint density at radius 3 is 2.81 bits per heavy atom. The lowest BCUT2D eigenvalue weighted by atomic mass is 9.93. The molecule has 0 unspecified atom stereocenters. The van der Waals surface area contributed by atoms with Gasteiger partial charge in [-0.25, -0.2) is 4.98 Å². The molecule has 1 N–H and O–H groups in total. The molecule has 0 spiro atoms. The maximum atomic E-state index is 12.0. The zero-order valence-corrected chi connectivity index (χ0v) is 15.7. The number of nitrogens with one attached hydrogen (secondary N) is 1. The van der Waals surface area contributed by atoms with Crippen LogP contribution in [0.2, 0.25) is 0 Å². The Bertz CT molecular complexity index is 877. The first kappa shape index (κ1) is 18.9. The molecule has 0 saturated carbocycles. The van der Waals surface area contributed by atoms with E-state index in [2.05, 4.69) is 23.3 Å². The second-order valence-electron chi connectivity index (χ2n) is 6.48. The highest BCUT2D eigenvalue weighted by Gasteiger charge is 2.40. The largest absolute Gasteiger partial charge is 0.495 e. The zero-order valence-electron chi connectivity index (χ0n) is 15.7. The van der Waals surface area contributed by atoms with Gasteiger partial charge in [0.25, 0.3) is 0 Å². The zero-order chi connectivity index (χ0) is 19.4.